The lowest BCUT2D eigenvalue weighted by molar-refractivity contribution is -0.116. The van der Waals surface area contributed by atoms with E-state index in [2.05, 4.69) is 5.32 Å². The molecule has 0 heterocycles. The Labute approximate surface area is 152 Å². The molecule has 0 unspecified atom stereocenters. The van der Waals surface area contributed by atoms with Crippen molar-refractivity contribution in [1.29, 1.82) is 0 Å². The fourth-order valence-corrected chi connectivity index (χ4v) is 3.67. The second kappa shape index (κ2) is 8.18. The highest BCUT2D eigenvalue weighted by molar-refractivity contribution is 7.92. The number of anilines is 2. The molecule has 1 atom stereocenters. The van der Waals surface area contributed by atoms with Gasteiger partial charge in [-0.25, -0.2) is 12.8 Å². The summed E-state index contributed by atoms with van der Waals surface area (Å²) >= 11 is 0. The van der Waals surface area contributed by atoms with E-state index in [0.717, 1.165) is 16.6 Å². The molecule has 0 saturated heterocycles. The molecule has 8 heteroatoms. The van der Waals surface area contributed by atoms with Gasteiger partial charge in [0.05, 0.1) is 18.6 Å². The van der Waals surface area contributed by atoms with Crippen molar-refractivity contribution in [2.75, 3.05) is 22.5 Å². The van der Waals surface area contributed by atoms with Gasteiger partial charge in [0.25, 0.3) is 0 Å². The molecule has 0 aromatic heterocycles. The number of nitrogens with one attached hydrogen (secondary N) is 1. The van der Waals surface area contributed by atoms with E-state index in [9.17, 15) is 17.6 Å². The Bertz CT molecular complexity index is 886. The van der Waals surface area contributed by atoms with E-state index < -0.39 is 27.8 Å². The molecular weight excluding hydrogens is 359 g/mol. The first-order valence-corrected chi connectivity index (χ1v) is 9.86. The van der Waals surface area contributed by atoms with E-state index in [1.165, 1.54) is 25.1 Å². The van der Waals surface area contributed by atoms with Gasteiger partial charge in [-0.1, -0.05) is 12.1 Å². The quantitative estimate of drug-likeness (QED) is 0.801. The van der Waals surface area contributed by atoms with Gasteiger partial charge in [-0.15, -0.1) is 0 Å². The fourth-order valence-electron chi connectivity index (χ4n) is 2.50. The second-order valence-corrected chi connectivity index (χ2v) is 7.52. The molecule has 0 spiro atoms. The van der Waals surface area contributed by atoms with E-state index in [-0.39, 0.29) is 5.69 Å². The predicted octanol–water partition coefficient (Wildman–Crippen LogP) is 3.02. The Balaban J connectivity index is 2.27. The number of carbonyl (C=O) groups is 1. The van der Waals surface area contributed by atoms with Crippen LogP contribution in [0.2, 0.25) is 0 Å². The first kappa shape index (κ1) is 19.7. The average molecular weight is 380 g/mol. The van der Waals surface area contributed by atoms with E-state index in [0.29, 0.717) is 18.0 Å². The monoisotopic (exact) mass is 380 g/mol. The molecule has 0 fully saturated rings. The van der Waals surface area contributed by atoms with Crippen molar-refractivity contribution < 1.29 is 22.3 Å². The zero-order valence-electron chi connectivity index (χ0n) is 14.8. The number of benzene rings is 2. The normalized spacial score (nSPS) is 12.3. The molecule has 0 aliphatic heterocycles. The van der Waals surface area contributed by atoms with Crippen LogP contribution in [0.3, 0.4) is 0 Å². The summed E-state index contributed by atoms with van der Waals surface area (Å²) in [6.07, 6.45) is 0.970. The van der Waals surface area contributed by atoms with Gasteiger partial charge in [0.15, 0.2) is 0 Å². The second-order valence-electron chi connectivity index (χ2n) is 5.66. The van der Waals surface area contributed by atoms with Gasteiger partial charge >= 0.3 is 0 Å². The summed E-state index contributed by atoms with van der Waals surface area (Å²) < 4.78 is 44.1. The number of rotatable bonds is 7. The van der Waals surface area contributed by atoms with Gasteiger partial charge in [0.1, 0.15) is 17.6 Å². The lowest BCUT2D eigenvalue weighted by Gasteiger charge is -2.28. The molecule has 1 N–H and O–H groups in total. The summed E-state index contributed by atoms with van der Waals surface area (Å²) in [6.45, 7) is 3.76. The van der Waals surface area contributed by atoms with Crippen LogP contribution in [0.15, 0.2) is 48.5 Å². The Morgan fingerprint density at radius 1 is 1.23 bits per heavy atom. The van der Waals surface area contributed by atoms with Crippen molar-refractivity contribution in [3.63, 3.8) is 0 Å². The van der Waals surface area contributed by atoms with Crippen LogP contribution in [-0.2, 0) is 14.8 Å². The minimum Gasteiger partial charge on any atom is -0.494 e. The minimum absolute atomic E-state index is 0.0817. The lowest BCUT2D eigenvalue weighted by atomic mass is 10.2. The largest absolute Gasteiger partial charge is 0.494 e. The average Bonchev–Trinajstić information content (AvgIpc) is 2.54. The van der Waals surface area contributed by atoms with Gasteiger partial charge in [-0.3, -0.25) is 9.10 Å². The number of halogens is 1. The van der Waals surface area contributed by atoms with Gasteiger partial charge in [-0.05, 0) is 44.2 Å². The summed E-state index contributed by atoms with van der Waals surface area (Å²) in [4.78, 5) is 12.6. The van der Waals surface area contributed by atoms with Crippen molar-refractivity contribution in [3.8, 4) is 5.75 Å². The maximum atomic E-state index is 13.5. The molecule has 2 aromatic rings. The van der Waals surface area contributed by atoms with Crippen molar-refractivity contribution in [3.05, 3.63) is 54.3 Å². The fraction of sp³-hybridized carbons (Fsp3) is 0.278. The lowest BCUT2D eigenvalue weighted by Crippen LogP contribution is -2.45. The summed E-state index contributed by atoms with van der Waals surface area (Å²) in [5.41, 5.74) is 0.554. The number of amides is 1. The van der Waals surface area contributed by atoms with Crippen LogP contribution in [0.5, 0.6) is 5.75 Å². The number of nitrogens with zero attached hydrogens (tertiary/aromatic N) is 1. The van der Waals surface area contributed by atoms with Crippen LogP contribution >= 0.6 is 0 Å². The summed E-state index contributed by atoms with van der Waals surface area (Å²) in [5.74, 6) is -0.551. The molecule has 0 aliphatic carbocycles. The third kappa shape index (κ3) is 4.95. The molecule has 2 aromatic carbocycles. The highest BCUT2D eigenvalue weighted by Gasteiger charge is 2.29. The molecule has 0 radical (unpaired) electrons. The van der Waals surface area contributed by atoms with Crippen molar-refractivity contribution in [2.24, 2.45) is 0 Å². The Kier molecular flexibility index (Phi) is 6.20. The Morgan fingerprint density at radius 2 is 1.92 bits per heavy atom. The van der Waals surface area contributed by atoms with E-state index in [1.54, 1.807) is 24.3 Å². The predicted molar refractivity (Wildman–Crippen MR) is 99.4 cm³/mol. The molecule has 6 nitrogen and oxygen atoms in total. The molecular formula is C18H21FN2O4S. The zero-order chi connectivity index (χ0) is 19.3. The molecule has 1 amide bonds. The van der Waals surface area contributed by atoms with Crippen molar-refractivity contribution in [2.45, 2.75) is 19.9 Å². The third-order valence-electron chi connectivity index (χ3n) is 3.56. The highest BCUT2D eigenvalue weighted by Crippen LogP contribution is 2.23. The summed E-state index contributed by atoms with van der Waals surface area (Å²) in [6, 6.07) is 10.8. The molecule has 0 bridgehead atoms. The van der Waals surface area contributed by atoms with Crippen molar-refractivity contribution in [1.82, 2.24) is 0 Å². The van der Waals surface area contributed by atoms with E-state index in [4.69, 9.17) is 4.74 Å². The number of hydrogen-bond acceptors (Lipinski definition) is 4. The molecule has 140 valence electrons. The number of sulfonamides is 1. The minimum atomic E-state index is -3.81. The SMILES string of the molecule is CCOc1cccc(NC(=O)[C@@H](C)N(c2cccc(F)c2)S(C)(=O)=O)c1. The Morgan fingerprint density at radius 3 is 2.54 bits per heavy atom. The van der Waals surface area contributed by atoms with Gasteiger partial charge < -0.3 is 10.1 Å². The molecule has 0 aliphatic rings. The standard InChI is InChI=1S/C18H21FN2O4S/c1-4-25-17-10-6-8-15(12-17)20-18(22)13(2)21(26(3,23)24)16-9-5-7-14(19)11-16/h5-13H,4H2,1-3H3,(H,20,22)/t13-/m1/s1. The number of hydrogen-bond donors (Lipinski definition) is 1. The molecule has 26 heavy (non-hydrogen) atoms. The first-order valence-electron chi connectivity index (χ1n) is 8.01. The molecule has 2 rings (SSSR count). The zero-order valence-corrected chi connectivity index (χ0v) is 15.6. The third-order valence-corrected chi connectivity index (χ3v) is 4.81. The highest BCUT2D eigenvalue weighted by atomic mass is 32.2. The topological polar surface area (TPSA) is 75.7 Å². The van der Waals surface area contributed by atoms with Crippen LogP contribution < -0.4 is 14.4 Å². The molecule has 0 saturated carbocycles. The maximum absolute atomic E-state index is 13.5. The van der Waals surface area contributed by atoms with E-state index in [1.807, 2.05) is 6.92 Å². The van der Waals surface area contributed by atoms with Gasteiger partial charge in [-0.2, -0.15) is 0 Å². The summed E-state index contributed by atoms with van der Waals surface area (Å²) in [5, 5.41) is 2.66. The van der Waals surface area contributed by atoms with Crippen molar-refractivity contribution >= 4 is 27.3 Å². The number of carbonyl (C=O) groups excluding carboxylic acids is 1. The number of ether oxygens (including phenoxy) is 1. The van der Waals surface area contributed by atoms with Gasteiger partial charge in [0.2, 0.25) is 15.9 Å². The first-order chi connectivity index (χ1) is 12.2. The Hall–Kier alpha value is -2.61. The summed E-state index contributed by atoms with van der Waals surface area (Å²) in [7, 11) is -3.81. The maximum Gasteiger partial charge on any atom is 0.247 e. The van der Waals surface area contributed by atoms with Crippen LogP contribution in [0.1, 0.15) is 13.8 Å². The smallest absolute Gasteiger partial charge is 0.247 e. The van der Waals surface area contributed by atoms with Crippen LogP contribution in [-0.4, -0.2) is 33.2 Å². The van der Waals surface area contributed by atoms with Crippen LogP contribution in [0.4, 0.5) is 15.8 Å². The van der Waals surface area contributed by atoms with Crippen LogP contribution in [0.25, 0.3) is 0 Å². The van der Waals surface area contributed by atoms with E-state index >= 15 is 0 Å². The van der Waals surface area contributed by atoms with Gasteiger partial charge in [0, 0.05) is 11.8 Å². The van der Waals surface area contributed by atoms with Crippen LogP contribution in [0, 0.1) is 5.82 Å².